The number of fused-ring (bicyclic) bond motifs is 1. The lowest BCUT2D eigenvalue weighted by Gasteiger charge is -2.27. The number of alkyl halides is 1. The Morgan fingerprint density at radius 1 is 1.48 bits per heavy atom. The molecule has 21 heavy (non-hydrogen) atoms. The number of rotatable bonds is 2. The Hall–Kier alpha value is -1.14. The van der Waals surface area contributed by atoms with Crippen molar-refractivity contribution in [3.05, 3.63) is 23.7 Å². The fraction of sp³-hybridized carbons (Fsp3) is 0.571. The number of imidazole rings is 1. The average molecular weight is 328 g/mol. The molecule has 2 aromatic heterocycles. The molecule has 0 aliphatic carbocycles. The fourth-order valence-corrected chi connectivity index (χ4v) is 5.31. The third-order valence-electron chi connectivity index (χ3n) is 4.04. The minimum atomic E-state index is -3.02. The molecule has 3 heterocycles. The van der Waals surface area contributed by atoms with Crippen LogP contribution in [0.5, 0.6) is 0 Å². The SMILES string of the molecule is Cc1cnc2c(c1)nc(C(C)Cl)n2C1(C)CCS(=O)(=O)C1. The van der Waals surface area contributed by atoms with Crippen molar-refractivity contribution < 1.29 is 8.42 Å². The molecule has 7 heteroatoms. The van der Waals surface area contributed by atoms with E-state index in [2.05, 4.69) is 9.97 Å². The van der Waals surface area contributed by atoms with Crippen molar-refractivity contribution in [2.45, 2.75) is 38.1 Å². The standard InChI is InChI=1S/C14H18ClN3O2S/c1-9-6-11-13(16-7-9)18(12(17-11)10(2)15)14(3)4-5-21(19,20)8-14/h6-7,10H,4-5,8H2,1-3H3. The number of hydrogen-bond donors (Lipinski definition) is 0. The molecule has 1 aliphatic heterocycles. The molecular formula is C14H18ClN3O2S. The molecule has 2 unspecified atom stereocenters. The summed E-state index contributed by atoms with van der Waals surface area (Å²) in [6.07, 6.45) is 2.34. The highest BCUT2D eigenvalue weighted by atomic mass is 35.5. The maximum Gasteiger partial charge on any atom is 0.160 e. The van der Waals surface area contributed by atoms with Crippen molar-refractivity contribution in [1.29, 1.82) is 0 Å². The maximum absolute atomic E-state index is 11.9. The van der Waals surface area contributed by atoms with Crippen LogP contribution in [0.1, 0.15) is 37.0 Å². The van der Waals surface area contributed by atoms with Gasteiger partial charge >= 0.3 is 0 Å². The van der Waals surface area contributed by atoms with Gasteiger partial charge in [0.15, 0.2) is 15.5 Å². The first kappa shape index (κ1) is 14.8. The predicted molar refractivity (Wildman–Crippen MR) is 83.5 cm³/mol. The normalized spacial score (nSPS) is 26.3. The molecule has 0 amide bonds. The molecule has 0 radical (unpaired) electrons. The van der Waals surface area contributed by atoms with Gasteiger partial charge in [-0.25, -0.2) is 18.4 Å². The molecule has 0 aromatic carbocycles. The van der Waals surface area contributed by atoms with E-state index in [-0.39, 0.29) is 16.9 Å². The maximum atomic E-state index is 11.9. The van der Waals surface area contributed by atoms with Gasteiger partial charge in [-0.3, -0.25) is 0 Å². The van der Waals surface area contributed by atoms with Gasteiger partial charge in [0, 0.05) is 6.20 Å². The summed E-state index contributed by atoms with van der Waals surface area (Å²) in [6.45, 7) is 5.75. The van der Waals surface area contributed by atoms with E-state index in [4.69, 9.17) is 11.6 Å². The smallest absolute Gasteiger partial charge is 0.160 e. The Kier molecular flexibility index (Phi) is 3.29. The molecule has 1 aliphatic rings. The molecule has 2 aromatic rings. The monoisotopic (exact) mass is 327 g/mol. The number of sulfone groups is 1. The lowest BCUT2D eigenvalue weighted by molar-refractivity contribution is 0.361. The predicted octanol–water partition coefficient (Wildman–Crippen LogP) is 2.57. The van der Waals surface area contributed by atoms with E-state index < -0.39 is 15.4 Å². The molecule has 1 saturated heterocycles. The molecule has 3 rings (SSSR count). The second-order valence-electron chi connectivity index (χ2n) is 6.12. The summed E-state index contributed by atoms with van der Waals surface area (Å²) in [5.74, 6) is 0.993. The molecule has 5 nitrogen and oxygen atoms in total. The van der Waals surface area contributed by atoms with Crippen molar-refractivity contribution in [3.8, 4) is 0 Å². The van der Waals surface area contributed by atoms with Crippen LogP contribution in [0, 0.1) is 6.92 Å². The van der Waals surface area contributed by atoms with Gasteiger partial charge < -0.3 is 4.57 Å². The summed E-state index contributed by atoms with van der Waals surface area (Å²) in [5, 5.41) is -0.306. The van der Waals surface area contributed by atoms with E-state index in [0.717, 1.165) is 11.1 Å². The molecule has 0 N–H and O–H groups in total. The Balaban J connectivity index is 2.28. The average Bonchev–Trinajstić information content (AvgIpc) is 2.87. The summed E-state index contributed by atoms with van der Waals surface area (Å²) >= 11 is 6.27. The van der Waals surface area contributed by atoms with Gasteiger partial charge in [-0.15, -0.1) is 11.6 Å². The van der Waals surface area contributed by atoms with Crippen molar-refractivity contribution in [2.24, 2.45) is 0 Å². The second-order valence-corrected chi connectivity index (χ2v) is 8.95. The Bertz CT molecular complexity index is 813. The first-order chi connectivity index (χ1) is 9.72. The number of aromatic nitrogens is 3. The van der Waals surface area contributed by atoms with E-state index >= 15 is 0 Å². The highest BCUT2D eigenvalue weighted by molar-refractivity contribution is 7.91. The van der Waals surface area contributed by atoms with Gasteiger partial charge in [-0.05, 0) is 38.8 Å². The third kappa shape index (κ3) is 2.44. The van der Waals surface area contributed by atoms with Crippen LogP contribution in [0.3, 0.4) is 0 Å². The zero-order chi connectivity index (χ0) is 15.4. The van der Waals surface area contributed by atoms with Gasteiger partial charge in [0.1, 0.15) is 11.3 Å². The first-order valence-electron chi connectivity index (χ1n) is 6.92. The Labute approximate surface area is 129 Å². The lowest BCUT2D eigenvalue weighted by Crippen LogP contribution is -2.33. The summed E-state index contributed by atoms with van der Waals surface area (Å²) in [5.41, 5.74) is 1.96. The zero-order valence-corrected chi connectivity index (χ0v) is 13.9. The van der Waals surface area contributed by atoms with Crippen LogP contribution in [0.4, 0.5) is 0 Å². The van der Waals surface area contributed by atoms with Crippen LogP contribution in [0.15, 0.2) is 12.3 Å². The van der Waals surface area contributed by atoms with Crippen molar-refractivity contribution in [1.82, 2.24) is 14.5 Å². The number of aryl methyl sites for hydroxylation is 1. The van der Waals surface area contributed by atoms with Crippen molar-refractivity contribution in [2.75, 3.05) is 11.5 Å². The van der Waals surface area contributed by atoms with Gasteiger partial charge in [0.05, 0.1) is 22.4 Å². The van der Waals surface area contributed by atoms with E-state index in [1.165, 1.54) is 0 Å². The summed E-state index contributed by atoms with van der Waals surface area (Å²) in [6, 6.07) is 1.95. The van der Waals surface area contributed by atoms with Gasteiger partial charge in [-0.1, -0.05) is 0 Å². The molecular weight excluding hydrogens is 310 g/mol. The van der Waals surface area contributed by atoms with E-state index in [1.54, 1.807) is 6.20 Å². The summed E-state index contributed by atoms with van der Waals surface area (Å²) in [7, 11) is -3.02. The van der Waals surface area contributed by atoms with Gasteiger partial charge in [0.2, 0.25) is 0 Å². The number of pyridine rings is 1. The molecule has 0 spiro atoms. The highest BCUT2D eigenvalue weighted by Gasteiger charge is 2.42. The third-order valence-corrected chi connectivity index (χ3v) is 6.12. The van der Waals surface area contributed by atoms with Crippen LogP contribution in [0.25, 0.3) is 11.2 Å². The van der Waals surface area contributed by atoms with Crippen molar-refractivity contribution in [3.63, 3.8) is 0 Å². The topological polar surface area (TPSA) is 64.8 Å². The quantitative estimate of drug-likeness (QED) is 0.795. The van der Waals surface area contributed by atoms with Gasteiger partial charge in [-0.2, -0.15) is 0 Å². The summed E-state index contributed by atoms with van der Waals surface area (Å²) < 4.78 is 25.8. The zero-order valence-electron chi connectivity index (χ0n) is 12.3. The summed E-state index contributed by atoms with van der Waals surface area (Å²) in [4.78, 5) is 9.05. The Morgan fingerprint density at radius 3 is 2.76 bits per heavy atom. The molecule has 0 saturated carbocycles. The fourth-order valence-electron chi connectivity index (χ4n) is 3.05. The molecule has 1 fully saturated rings. The first-order valence-corrected chi connectivity index (χ1v) is 9.18. The highest BCUT2D eigenvalue weighted by Crippen LogP contribution is 2.37. The van der Waals surface area contributed by atoms with Crippen LogP contribution >= 0.6 is 11.6 Å². The Morgan fingerprint density at radius 2 is 2.19 bits per heavy atom. The number of nitrogens with zero attached hydrogens (tertiary/aromatic N) is 3. The van der Waals surface area contributed by atoms with E-state index in [1.807, 2.05) is 31.4 Å². The minimum absolute atomic E-state index is 0.109. The van der Waals surface area contributed by atoms with Crippen LogP contribution in [-0.2, 0) is 15.4 Å². The second kappa shape index (κ2) is 4.68. The van der Waals surface area contributed by atoms with Crippen LogP contribution < -0.4 is 0 Å². The largest absolute Gasteiger partial charge is 0.304 e. The molecule has 0 bridgehead atoms. The molecule has 114 valence electrons. The molecule has 2 atom stereocenters. The minimum Gasteiger partial charge on any atom is -0.304 e. The lowest BCUT2D eigenvalue weighted by atomic mass is 10.0. The van der Waals surface area contributed by atoms with E-state index in [0.29, 0.717) is 17.9 Å². The number of hydrogen-bond acceptors (Lipinski definition) is 4. The van der Waals surface area contributed by atoms with Crippen molar-refractivity contribution >= 4 is 32.6 Å². The van der Waals surface area contributed by atoms with Gasteiger partial charge in [0.25, 0.3) is 0 Å². The number of halogens is 1. The van der Waals surface area contributed by atoms with E-state index in [9.17, 15) is 8.42 Å². The van der Waals surface area contributed by atoms with Crippen LogP contribution in [-0.4, -0.2) is 34.5 Å². The van der Waals surface area contributed by atoms with Crippen LogP contribution in [0.2, 0.25) is 0 Å².